The predicted molar refractivity (Wildman–Crippen MR) is 133 cm³/mol. The lowest BCUT2D eigenvalue weighted by Gasteiger charge is -2.25. The first-order chi connectivity index (χ1) is 16.4. The lowest BCUT2D eigenvalue weighted by atomic mass is 10.0. The highest BCUT2D eigenvalue weighted by atomic mass is 16.2. The topological polar surface area (TPSA) is 87.3 Å². The second kappa shape index (κ2) is 12.3. The van der Waals surface area contributed by atoms with Crippen LogP contribution in [0.1, 0.15) is 36.6 Å². The number of nitrogens with one attached hydrogen (secondary N) is 3. The smallest absolute Gasteiger partial charge is 0.243 e. The van der Waals surface area contributed by atoms with Gasteiger partial charge in [0.2, 0.25) is 17.7 Å². The number of amides is 3. The van der Waals surface area contributed by atoms with Crippen molar-refractivity contribution in [1.82, 2.24) is 16.0 Å². The number of hydrogen-bond acceptors (Lipinski definition) is 3. The van der Waals surface area contributed by atoms with Gasteiger partial charge in [-0.15, -0.1) is 0 Å². The third-order valence-electron chi connectivity index (χ3n) is 5.55. The van der Waals surface area contributed by atoms with E-state index in [0.717, 1.165) is 16.7 Å². The summed E-state index contributed by atoms with van der Waals surface area (Å²) in [7, 11) is 0. The molecule has 0 aliphatic rings. The molecule has 0 fully saturated rings. The van der Waals surface area contributed by atoms with Crippen LogP contribution in [0.3, 0.4) is 0 Å². The minimum atomic E-state index is -0.798. The molecule has 3 aromatic carbocycles. The Balaban J connectivity index is 1.77. The van der Waals surface area contributed by atoms with Gasteiger partial charge >= 0.3 is 0 Å². The minimum Gasteiger partial charge on any atom is -0.348 e. The molecule has 0 radical (unpaired) electrons. The Hall–Kier alpha value is -3.93. The van der Waals surface area contributed by atoms with Crippen molar-refractivity contribution in [2.75, 3.05) is 0 Å². The van der Waals surface area contributed by atoms with E-state index >= 15 is 0 Å². The minimum absolute atomic E-state index is 0.223. The van der Waals surface area contributed by atoms with E-state index in [9.17, 15) is 14.4 Å². The molecule has 3 aromatic rings. The summed E-state index contributed by atoms with van der Waals surface area (Å²) in [4.78, 5) is 38.3. The van der Waals surface area contributed by atoms with Gasteiger partial charge in [-0.3, -0.25) is 14.4 Å². The zero-order valence-electron chi connectivity index (χ0n) is 19.5. The van der Waals surface area contributed by atoms with E-state index in [1.54, 1.807) is 0 Å². The summed E-state index contributed by atoms with van der Waals surface area (Å²) in [5.41, 5.74) is 2.81. The lowest BCUT2D eigenvalue weighted by Crippen LogP contribution is -2.55. The number of benzene rings is 3. The highest BCUT2D eigenvalue weighted by Crippen LogP contribution is 2.13. The zero-order valence-corrected chi connectivity index (χ0v) is 19.5. The fraction of sp³-hybridized carbons (Fsp3) is 0.250. The molecule has 0 spiro atoms. The van der Waals surface area contributed by atoms with Crippen LogP contribution in [-0.2, 0) is 27.2 Å². The van der Waals surface area contributed by atoms with Crippen LogP contribution >= 0.6 is 0 Å². The summed E-state index contributed by atoms with van der Waals surface area (Å²) in [5.74, 6) is -0.991. The van der Waals surface area contributed by atoms with Gasteiger partial charge in [-0.1, -0.05) is 91.0 Å². The fourth-order valence-corrected chi connectivity index (χ4v) is 3.77. The summed E-state index contributed by atoms with van der Waals surface area (Å²) in [5, 5.41) is 8.61. The summed E-state index contributed by atoms with van der Waals surface area (Å²) < 4.78 is 0. The summed E-state index contributed by atoms with van der Waals surface area (Å²) in [6.07, 6.45) is 0.657. The van der Waals surface area contributed by atoms with E-state index in [0.29, 0.717) is 12.8 Å². The SMILES string of the molecule is CC(=O)N[C@@H](Cc1ccccc1)C(=O)N[C@@H](Cc1ccccc1)C(=O)N[C@@H](C)c1ccccc1. The molecule has 0 bridgehead atoms. The Morgan fingerprint density at radius 1 is 0.618 bits per heavy atom. The van der Waals surface area contributed by atoms with Gasteiger partial charge < -0.3 is 16.0 Å². The molecule has 0 heterocycles. The van der Waals surface area contributed by atoms with Crippen molar-refractivity contribution in [1.29, 1.82) is 0 Å². The first-order valence-electron chi connectivity index (χ1n) is 11.4. The van der Waals surface area contributed by atoms with Crippen LogP contribution in [0.5, 0.6) is 0 Å². The first kappa shape index (κ1) is 24.7. The second-order valence-electron chi connectivity index (χ2n) is 8.33. The average molecular weight is 458 g/mol. The van der Waals surface area contributed by atoms with Crippen molar-refractivity contribution >= 4 is 17.7 Å². The third kappa shape index (κ3) is 7.59. The maximum absolute atomic E-state index is 13.3. The molecule has 6 heteroatoms. The van der Waals surface area contributed by atoms with Crippen molar-refractivity contribution in [3.63, 3.8) is 0 Å². The Labute approximate surface area is 200 Å². The Morgan fingerprint density at radius 3 is 1.50 bits per heavy atom. The van der Waals surface area contributed by atoms with Crippen LogP contribution in [0.25, 0.3) is 0 Å². The predicted octanol–water partition coefficient (Wildman–Crippen LogP) is 3.34. The molecule has 0 saturated heterocycles. The van der Waals surface area contributed by atoms with Crippen LogP contribution in [0.15, 0.2) is 91.0 Å². The van der Waals surface area contributed by atoms with Gasteiger partial charge in [0.15, 0.2) is 0 Å². The number of rotatable bonds is 10. The van der Waals surface area contributed by atoms with Crippen LogP contribution < -0.4 is 16.0 Å². The standard InChI is InChI=1S/C28H31N3O3/c1-20(24-16-10-5-11-17-24)29-27(33)26(19-23-14-8-4-9-15-23)31-28(34)25(30-21(2)32)18-22-12-6-3-7-13-22/h3-17,20,25-26H,18-19H2,1-2H3,(H,29,33)(H,30,32)(H,31,34)/t20-,25-,26-/m0/s1. The quantitative estimate of drug-likeness (QED) is 0.436. The van der Waals surface area contributed by atoms with Gasteiger partial charge in [-0.2, -0.15) is 0 Å². The van der Waals surface area contributed by atoms with Gasteiger partial charge in [0.25, 0.3) is 0 Å². The molecule has 0 aromatic heterocycles. The first-order valence-corrected chi connectivity index (χ1v) is 11.4. The Kier molecular flexibility index (Phi) is 8.97. The summed E-state index contributed by atoms with van der Waals surface area (Å²) in [6, 6.07) is 26.8. The van der Waals surface area contributed by atoms with Crippen LogP contribution in [-0.4, -0.2) is 29.8 Å². The molecule has 0 aliphatic heterocycles. The molecule has 3 amide bonds. The molecular weight excluding hydrogens is 426 g/mol. The molecule has 0 unspecified atom stereocenters. The molecule has 34 heavy (non-hydrogen) atoms. The highest BCUT2D eigenvalue weighted by Gasteiger charge is 2.27. The normalized spacial score (nSPS) is 13.2. The Bertz CT molecular complexity index is 1070. The molecular formula is C28H31N3O3. The van der Waals surface area contributed by atoms with Gasteiger partial charge in [0.05, 0.1) is 6.04 Å². The van der Waals surface area contributed by atoms with Crippen LogP contribution in [0.2, 0.25) is 0 Å². The third-order valence-corrected chi connectivity index (χ3v) is 5.55. The molecule has 0 aliphatic carbocycles. The molecule has 3 N–H and O–H groups in total. The number of carbonyl (C=O) groups excluding carboxylic acids is 3. The largest absolute Gasteiger partial charge is 0.348 e. The Morgan fingerprint density at radius 2 is 1.03 bits per heavy atom. The van der Waals surface area contributed by atoms with E-state index in [2.05, 4.69) is 16.0 Å². The monoisotopic (exact) mass is 457 g/mol. The molecule has 6 nitrogen and oxygen atoms in total. The van der Waals surface area contributed by atoms with E-state index in [1.165, 1.54) is 6.92 Å². The fourth-order valence-electron chi connectivity index (χ4n) is 3.77. The molecule has 0 saturated carbocycles. The number of carbonyl (C=O) groups is 3. The van der Waals surface area contributed by atoms with E-state index < -0.39 is 18.0 Å². The van der Waals surface area contributed by atoms with Gasteiger partial charge in [0, 0.05) is 19.8 Å². The molecule has 176 valence electrons. The van der Waals surface area contributed by atoms with Crippen molar-refractivity contribution in [3.05, 3.63) is 108 Å². The van der Waals surface area contributed by atoms with E-state index in [1.807, 2.05) is 97.9 Å². The summed E-state index contributed by atoms with van der Waals surface area (Å²) in [6.45, 7) is 3.28. The zero-order chi connectivity index (χ0) is 24.3. The van der Waals surface area contributed by atoms with Crippen LogP contribution in [0, 0.1) is 0 Å². The second-order valence-corrected chi connectivity index (χ2v) is 8.33. The molecule has 3 rings (SSSR count). The van der Waals surface area contributed by atoms with Gasteiger partial charge in [-0.05, 0) is 23.6 Å². The average Bonchev–Trinajstić information content (AvgIpc) is 2.84. The summed E-state index contributed by atoms with van der Waals surface area (Å²) >= 11 is 0. The molecule has 3 atom stereocenters. The van der Waals surface area contributed by atoms with Crippen molar-refractivity contribution in [2.45, 2.75) is 44.8 Å². The van der Waals surface area contributed by atoms with Crippen LogP contribution in [0.4, 0.5) is 0 Å². The van der Waals surface area contributed by atoms with Gasteiger partial charge in [0.1, 0.15) is 12.1 Å². The van der Waals surface area contributed by atoms with Gasteiger partial charge in [-0.25, -0.2) is 0 Å². The maximum Gasteiger partial charge on any atom is 0.243 e. The van der Waals surface area contributed by atoms with Crippen molar-refractivity contribution in [2.24, 2.45) is 0 Å². The lowest BCUT2D eigenvalue weighted by molar-refractivity contribution is -0.131. The number of hydrogen-bond donors (Lipinski definition) is 3. The van der Waals surface area contributed by atoms with Crippen molar-refractivity contribution < 1.29 is 14.4 Å². The van der Waals surface area contributed by atoms with E-state index in [-0.39, 0.29) is 17.9 Å². The van der Waals surface area contributed by atoms with E-state index in [4.69, 9.17) is 0 Å². The highest BCUT2D eigenvalue weighted by molar-refractivity contribution is 5.92. The maximum atomic E-state index is 13.3. The van der Waals surface area contributed by atoms with Crippen molar-refractivity contribution in [3.8, 4) is 0 Å².